The molecular weight excluding hydrogens is 214 g/mol. The lowest BCUT2D eigenvalue weighted by molar-refractivity contribution is 0.441. The molecule has 3 nitrogen and oxygen atoms in total. The van der Waals surface area contributed by atoms with Crippen LogP contribution in [0.3, 0.4) is 0 Å². The predicted molar refractivity (Wildman–Crippen MR) is 68.0 cm³/mol. The minimum Gasteiger partial charge on any atom is -0.508 e. The van der Waals surface area contributed by atoms with Crippen LogP contribution in [0.25, 0.3) is 0 Å². The molecule has 1 fully saturated rings. The first-order valence-corrected chi connectivity index (χ1v) is 6.01. The Morgan fingerprint density at radius 1 is 1.12 bits per heavy atom. The average Bonchev–Trinajstić information content (AvgIpc) is 2.58. The zero-order valence-electron chi connectivity index (χ0n) is 10.9. The molecule has 1 aromatic carbocycles. The van der Waals surface area contributed by atoms with Crippen LogP contribution < -0.4 is 5.32 Å². The van der Waals surface area contributed by atoms with E-state index in [9.17, 15) is 10.2 Å². The fourth-order valence-corrected chi connectivity index (χ4v) is 2.62. The molecule has 0 aliphatic heterocycles. The van der Waals surface area contributed by atoms with Gasteiger partial charge in [-0.05, 0) is 16.9 Å². The van der Waals surface area contributed by atoms with Crippen LogP contribution in [0.2, 0.25) is 0 Å². The normalized spacial score (nSPS) is 21.4. The molecule has 0 spiro atoms. The van der Waals surface area contributed by atoms with Gasteiger partial charge in [-0.2, -0.15) is 0 Å². The van der Waals surface area contributed by atoms with Crippen molar-refractivity contribution in [1.29, 1.82) is 0 Å². The largest absolute Gasteiger partial charge is 0.508 e. The molecule has 2 rings (SSSR count). The first kappa shape index (κ1) is 12.2. The van der Waals surface area contributed by atoms with Gasteiger partial charge in [0, 0.05) is 24.2 Å². The second kappa shape index (κ2) is 3.64. The lowest BCUT2D eigenvalue weighted by atomic mass is 10.0. The van der Waals surface area contributed by atoms with Crippen molar-refractivity contribution >= 4 is 0 Å². The Labute approximate surface area is 102 Å². The molecule has 3 N–H and O–H groups in total. The standard InChI is InChI=1S/C14H21NO2/c1-13(2)12(14(13,3)4)15-8-9-5-6-10(16)7-11(9)17/h5-7,12,15-17H,8H2,1-4H3. The average molecular weight is 235 g/mol. The molecule has 0 saturated heterocycles. The Hall–Kier alpha value is -1.22. The highest BCUT2D eigenvalue weighted by atomic mass is 16.3. The highest BCUT2D eigenvalue weighted by molar-refractivity contribution is 5.39. The summed E-state index contributed by atoms with van der Waals surface area (Å²) in [5.41, 5.74) is 1.40. The minimum absolute atomic E-state index is 0.0957. The van der Waals surface area contributed by atoms with Gasteiger partial charge in [-0.3, -0.25) is 0 Å². The molecule has 1 aliphatic rings. The van der Waals surface area contributed by atoms with E-state index in [0.717, 1.165) is 5.56 Å². The van der Waals surface area contributed by atoms with Gasteiger partial charge in [0.05, 0.1) is 0 Å². The molecule has 0 heterocycles. The number of nitrogens with one attached hydrogen (secondary N) is 1. The van der Waals surface area contributed by atoms with Crippen LogP contribution in [0.4, 0.5) is 0 Å². The maximum atomic E-state index is 9.68. The van der Waals surface area contributed by atoms with Crippen molar-refractivity contribution < 1.29 is 10.2 Å². The van der Waals surface area contributed by atoms with E-state index in [4.69, 9.17) is 0 Å². The van der Waals surface area contributed by atoms with Gasteiger partial charge in [-0.25, -0.2) is 0 Å². The fraction of sp³-hybridized carbons (Fsp3) is 0.571. The van der Waals surface area contributed by atoms with Crippen LogP contribution in [0.15, 0.2) is 18.2 Å². The molecule has 17 heavy (non-hydrogen) atoms. The van der Waals surface area contributed by atoms with Gasteiger partial charge in [0.1, 0.15) is 11.5 Å². The lowest BCUT2D eigenvalue weighted by Gasteiger charge is -2.08. The quantitative estimate of drug-likeness (QED) is 0.755. The van der Waals surface area contributed by atoms with Crippen molar-refractivity contribution in [2.24, 2.45) is 10.8 Å². The summed E-state index contributed by atoms with van der Waals surface area (Å²) in [6.45, 7) is 9.63. The Balaban J connectivity index is 2.00. The van der Waals surface area contributed by atoms with E-state index in [1.165, 1.54) is 6.07 Å². The fourth-order valence-electron chi connectivity index (χ4n) is 2.62. The third-order valence-electron chi connectivity index (χ3n) is 4.59. The van der Waals surface area contributed by atoms with Crippen molar-refractivity contribution in [3.8, 4) is 11.5 Å². The second-order valence-corrected chi connectivity index (χ2v) is 6.07. The summed E-state index contributed by atoms with van der Waals surface area (Å²) >= 11 is 0. The number of phenolic OH excluding ortho intramolecular Hbond substituents is 2. The summed E-state index contributed by atoms with van der Waals surface area (Å²) in [5, 5.41) is 22.4. The summed E-state index contributed by atoms with van der Waals surface area (Å²) in [5.74, 6) is 0.243. The van der Waals surface area contributed by atoms with Crippen LogP contribution >= 0.6 is 0 Å². The van der Waals surface area contributed by atoms with Crippen LogP contribution in [0.1, 0.15) is 33.3 Å². The van der Waals surface area contributed by atoms with E-state index in [0.29, 0.717) is 23.4 Å². The number of hydrogen-bond acceptors (Lipinski definition) is 3. The molecule has 0 bridgehead atoms. The Kier molecular flexibility index (Phi) is 2.62. The van der Waals surface area contributed by atoms with Gasteiger partial charge >= 0.3 is 0 Å². The lowest BCUT2D eigenvalue weighted by Crippen LogP contribution is -2.21. The maximum Gasteiger partial charge on any atom is 0.123 e. The Morgan fingerprint density at radius 2 is 1.71 bits per heavy atom. The van der Waals surface area contributed by atoms with E-state index in [1.54, 1.807) is 12.1 Å². The third-order valence-corrected chi connectivity index (χ3v) is 4.59. The number of aromatic hydroxyl groups is 2. The first-order chi connectivity index (χ1) is 7.76. The molecule has 94 valence electrons. The summed E-state index contributed by atoms with van der Waals surface area (Å²) in [4.78, 5) is 0. The van der Waals surface area contributed by atoms with E-state index < -0.39 is 0 Å². The molecule has 0 aromatic heterocycles. The Bertz CT molecular complexity index is 424. The number of benzene rings is 1. The summed E-state index contributed by atoms with van der Waals surface area (Å²) in [7, 11) is 0. The zero-order valence-corrected chi connectivity index (χ0v) is 10.9. The molecule has 1 aliphatic carbocycles. The Morgan fingerprint density at radius 3 is 2.18 bits per heavy atom. The second-order valence-electron chi connectivity index (χ2n) is 6.07. The molecular formula is C14H21NO2. The highest BCUT2D eigenvalue weighted by Crippen LogP contribution is 2.62. The molecule has 1 saturated carbocycles. The summed E-state index contributed by atoms with van der Waals surface area (Å²) in [6.07, 6.45) is 0. The minimum atomic E-state index is 0.0957. The van der Waals surface area contributed by atoms with Crippen molar-refractivity contribution in [2.45, 2.75) is 40.3 Å². The van der Waals surface area contributed by atoms with Crippen LogP contribution in [-0.2, 0) is 6.54 Å². The zero-order chi connectivity index (χ0) is 12.8. The van der Waals surface area contributed by atoms with Gasteiger partial charge < -0.3 is 15.5 Å². The van der Waals surface area contributed by atoms with Crippen molar-refractivity contribution in [3.05, 3.63) is 23.8 Å². The molecule has 1 aromatic rings. The molecule has 0 amide bonds. The summed E-state index contributed by atoms with van der Waals surface area (Å²) < 4.78 is 0. The smallest absolute Gasteiger partial charge is 0.123 e. The number of hydrogen-bond donors (Lipinski definition) is 3. The maximum absolute atomic E-state index is 9.68. The van der Waals surface area contributed by atoms with E-state index in [-0.39, 0.29) is 11.5 Å². The van der Waals surface area contributed by atoms with E-state index >= 15 is 0 Å². The van der Waals surface area contributed by atoms with Crippen molar-refractivity contribution in [1.82, 2.24) is 5.32 Å². The SMILES string of the molecule is CC1(C)C(NCc2ccc(O)cc2O)C1(C)C. The van der Waals surface area contributed by atoms with Gasteiger partial charge in [0.15, 0.2) is 0 Å². The van der Waals surface area contributed by atoms with Gasteiger partial charge in [-0.1, -0.05) is 33.8 Å². The van der Waals surface area contributed by atoms with Gasteiger partial charge in [0.2, 0.25) is 0 Å². The highest BCUT2D eigenvalue weighted by Gasteiger charge is 2.64. The van der Waals surface area contributed by atoms with Gasteiger partial charge in [-0.15, -0.1) is 0 Å². The van der Waals surface area contributed by atoms with E-state index in [1.807, 2.05) is 0 Å². The third kappa shape index (κ3) is 1.89. The van der Waals surface area contributed by atoms with Crippen molar-refractivity contribution in [3.63, 3.8) is 0 Å². The molecule has 0 atom stereocenters. The molecule has 3 heteroatoms. The number of rotatable bonds is 3. The van der Waals surface area contributed by atoms with Crippen LogP contribution in [-0.4, -0.2) is 16.3 Å². The summed E-state index contributed by atoms with van der Waals surface area (Å²) in [6, 6.07) is 5.18. The van der Waals surface area contributed by atoms with Crippen LogP contribution in [0.5, 0.6) is 11.5 Å². The topological polar surface area (TPSA) is 52.5 Å². The monoisotopic (exact) mass is 235 g/mol. The molecule has 0 radical (unpaired) electrons. The number of phenols is 2. The molecule has 0 unspecified atom stereocenters. The van der Waals surface area contributed by atoms with E-state index in [2.05, 4.69) is 33.0 Å². The van der Waals surface area contributed by atoms with Crippen molar-refractivity contribution in [2.75, 3.05) is 0 Å². The first-order valence-electron chi connectivity index (χ1n) is 6.01. The predicted octanol–water partition coefficient (Wildman–Crippen LogP) is 2.62. The van der Waals surface area contributed by atoms with Gasteiger partial charge in [0.25, 0.3) is 0 Å². The van der Waals surface area contributed by atoms with Crippen LogP contribution in [0, 0.1) is 10.8 Å².